The van der Waals surface area contributed by atoms with Crippen LogP contribution in [0.15, 0.2) is 89.4 Å². The van der Waals surface area contributed by atoms with Crippen LogP contribution in [0.5, 0.6) is 0 Å². The molecule has 0 aliphatic heterocycles. The minimum atomic E-state index is -0.208. The molecule has 6 rings (SSSR count). The third kappa shape index (κ3) is 1.60. The smallest absolute Gasteiger partial charge is 0.0645 e. The molecule has 1 spiro atoms. The van der Waals surface area contributed by atoms with Gasteiger partial charge in [-0.05, 0) is 50.2 Å². The summed E-state index contributed by atoms with van der Waals surface area (Å²) < 4.78 is 1.16. The van der Waals surface area contributed by atoms with Gasteiger partial charge >= 0.3 is 0 Å². The molecular weight excluding hydrogens is 380 g/mol. The molecule has 122 valence electrons. The van der Waals surface area contributed by atoms with E-state index in [2.05, 4.69) is 107 Å². The van der Waals surface area contributed by atoms with Crippen LogP contribution in [-0.2, 0) is 5.41 Å². The molecule has 4 aromatic carbocycles. The summed E-state index contributed by atoms with van der Waals surface area (Å²) in [6.07, 6.45) is 4.71. The number of hydrogen-bond acceptors (Lipinski definition) is 0. The summed E-state index contributed by atoms with van der Waals surface area (Å²) in [6.45, 7) is 0. The van der Waals surface area contributed by atoms with E-state index in [1.54, 1.807) is 0 Å². The molecule has 0 unspecified atom stereocenters. The van der Waals surface area contributed by atoms with Crippen LogP contribution in [0.25, 0.3) is 28.0 Å². The van der Waals surface area contributed by atoms with Crippen LogP contribution in [0, 0.1) is 0 Å². The summed E-state index contributed by atoms with van der Waals surface area (Å²) in [7, 11) is 0. The van der Waals surface area contributed by atoms with E-state index >= 15 is 0 Å². The van der Waals surface area contributed by atoms with Gasteiger partial charge in [0.2, 0.25) is 0 Å². The van der Waals surface area contributed by atoms with Crippen molar-refractivity contribution in [2.24, 2.45) is 0 Å². The predicted molar refractivity (Wildman–Crippen MR) is 112 cm³/mol. The lowest BCUT2D eigenvalue weighted by atomic mass is 9.68. The Morgan fingerprint density at radius 1 is 0.615 bits per heavy atom. The molecule has 2 aliphatic rings. The van der Waals surface area contributed by atoms with Gasteiger partial charge in [0.05, 0.1) is 5.41 Å². The highest BCUT2D eigenvalue weighted by molar-refractivity contribution is 9.10. The number of rotatable bonds is 0. The van der Waals surface area contributed by atoms with Gasteiger partial charge in [-0.15, -0.1) is 0 Å². The Bertz CT molecular complexity index is 1200. The lowest BCUT2D eigenvalue weighted by Crippen LogP contribution is -2.26. The Morgan fingerprint density at radius 3 is 2.00 bits per heavy atom. The molecule has 0 aromatic heterocycles. The Balaban J connectivity index is 1.84. The third-order valence-electron chi connectivity index (χ3n) is 5.95. The summed E-state index contributed by atoms with van der Waals surface area (Å²) in [6, 6.07) is 28.8. The summed E-state index contributed by atoms with van der Waals surface area (Å²) >= 11 is 3.75. The van der Waals surface area contributed by atoms with Crippen LogP contribution >= 0.6 is 15.9 Å². The van der Waals surface area contributed by atoms with E-state index in [0.717, 1.165) is 4.47 Å². The maximum Gasteiger partial charge on any atom is 0.0653 e. The number of fused-ring (bicyclic) bond motifs is 6. The second-order valence-electron chi connectivity index (χ2n) is 7.10. The van der Waals surface area contributed by atoms with Gasteiger partial charge in [-0.3, -0.25) is 0 Å². The Kier molecular flexibility index (Phi) is 2.77. The van der Waals surface area contributed by atoms with Crippen molar-refractivity contribution in [1.82, 2.24) is 0 Å². The maximum atomic E-state index is 3.75. The van der Waals surface area contributed by atoms with Crippen molar-refractivity contribution in [2.45, 2.75) is 5.41 Å². The second-order valence-corrected chi connectivity index (χ2v) is 7.95. The molecule has 0 nitrogen and oxygen atoms in total. The largest absolute Gasteiger partial charge is 0.0653 e. The van der Waals surface area contributed by atoms with Crippen LogP contribution in [0.2, 0.25) is 0 Å². The van der Waals surface area contributed by atoms with Crippen molar-refractivity contribution in [3.63, 3.8) is 0 Å². The van der Waals surface area contributed by atoms with E-state index in [9.17, 15) is 0 Å². The molecular formula is C25H15Br. The lowest BCUT2D eigenvalue weighted by Gasteiger charge is -2.34. The van der Waals surface area contributed by atoms with Crippen LogP contribution in [-0.4, -0.2) is 0 Å². The number of allylic oxidation sites excluding steroid dienone is 1. The third-order valence-corrected chi connectivity index (χ3v) is 6.64. The van der Waals surface area contributed by atoms with E-state index < -0.39 is 0 Å². The first-order valence-corrected chi connectivity index (χ1v) is 9.70. The van der Waals surface area contributed by atoms with Crippen molar-refractivity contribution >= 4 is 32.8 Å². The van der Waals surface area contributed by atoms with Gasteiger partial charge in [-0.25, -0.2) is 0 Å². The zero-order valence-electron chi connectivity index (χ0n) is 14.0. The molecule has 0 saturated carbocycles. The molecule has 26 heavy (non-hydrogen) atoms. The highest BCUT2D eigenvalue weighted by Gasteiger charge is 2.44. The zero-order valence-corrected chi connectivity index (χ0v) is 15.6. The van der Waals surface area contributed by atoms with Crippen molar-refractivity contribution in [2.75, 3.05) is 0 Å². The fraction of sp³-hybridized carbons (Fsp3) is 0.0400. The van der Waals surface area contributed by atoms with Crippen LogP contribution in [0.3, 0.4) is 0 Å². The molecule has 0 saturated heterocycles. The monoisotopic (exact) mass is 394 g/mol. The van der Waals surface area contributed by atoms with Gasteiger partial charge in [0, 0.05) is 4.47 Å². The highest BCUT2D eigenvalue weighted by atomic mass is 79.9. The molecule has 4 aromatic rings. The van der Waals surface area contributed by atoms with Gasteiger partial charge in [-0.2, -0.15) is 0 Å². The fourth-order valence-electron chi connectivity index (χ4n) is 4.91. The van der Waals surface area contributed by atoms with E-state index in [0.29, 0.717) is 0 Å². The second kappa shape index (κ2) is 4.96. The SMILES string of the molecule is Brc1ccc2c3c(cccc13)C1(C=C2)c2ccccc2-c2ccccc21. The Labute approximate surface area is 160 Å². The van der Waals surface area contributed by atoms with Crippen molar-refractivity contribution in [1.29, 1.82) is 0 Å². The summed E-state index contributed by atoms with van der Waals surface area (Å²) in [4.78, 5) is 0. The van der Waals surface area contributed by atoms with Crippen molar-refractivity contribution < 1.29 is 0 Å². The number of halogens is 1. The summed E-state index contributed by atoms with van der Waals surface area (Å²) in [5.41, 5.74) is 7.94. The van der Waals surface area contributed by atoms with E-state index in [1.807, 2.05) is 0 Å². The van der Waals surface area contributed by atoms with E-state index in [4.69, 9.17) is 0 Å². The molecule has 1 heteroatoms. The minimum Gasteiger partial charge on any atom is -0.0645 e. The van der Waals surface area contributed by atoms with Crippen LogP contribution in [0.1, 0.15) is 22.3 Å². The first kappa shape index (κ1) is 14.5. The molecule has 0 atom stereocenters. The quantitative estimate of drug-likeness (QED) is 0.302. The number of hydrogen-bond donors (Lipinski definition) is 0. The van der Waals surface area contributed by atoms with Gasteiger partial charge in [0.25, 0.3) is 0 Å². The first-order valence-electron chi connectivity index (χ1n) is 8.91. The summed E-state index contributed by atoms with van der Waals surface area (Å²) in [5, 5.41) is 2.64. The topological polar surface area (TPSA) is 0 Å². The van der Waals surface area contributed by atoms with E-state index in [1.165, 1.54) is 44.2 Å². The molecule has 0 radical (unpaired) electrons. The Morgan fingerprint density at radius 2 is 1.27 bits per heavy atom. The molecule has 0 heterocycles. The molecule has 0 amide bonds. The van der Waals surface area contributed by atoms with Crippen molar-refractivity contribution in [3.8, 4) is 11.1 Å². The van der Waals surface area contributed by atoms with Gasteiger partial charge in [0.15, 0.2) is 0 Å². The first-order chi connectivity index (χ1) is 12.8. The summed E-state index contributed by atoms with van der Waals surface area (Å²) in [5.74, 6) is 0. The molecule has 2 aliphatic carbocycles. The zero-order chi connectivity index (χ0) is 17.3. The average Bonchev–Trinajstić information content (AvgIpc) is 2.98. The van der Waals surface area contributed by atoms with E-state index in [-0.39, 0.29) is 5.41 Å². The van der Waals surface area contributed by atoms with Gasteiger partial charge in [0.1, 0.15) is 0 Å². The van der Waals surface area contributed by atoms with Crippen LogP contribution < -0.4 is 0 Å². The highest BCUT2D eigenvalue weighted by Crippen LogP contribution is 2.56. The average molecular weight is 395 g/mol. The molecule has 0 bridgehead atoms. The lowest BCUT2D eigenvalue weighted by molar-refractivity contribution is 0.813. The minimum absolute atomic E-state index is 0.208. The fourth-order valence-corrected chi connectivity index (χ4v) is 5.37. The standard InChI is InChI=1S/C25H15Br/c26-23-13-12-16-14-15-25(22-11-5-8-19(23)24(16)22)20-9-3-1-6-17(20)18-7-2-4-10-21(18)25/h1-15H. The Hall–Kier alpha value is -2.64. The normalized spacial score (nSPS) is 15.3. The van der Waals surface area contributed by atoms with Gasteiger partial charge in [-0.1, -0.05) is 101 Å². The predicted octanol–water partition coefficient (Wildman–Crippen LogP) is 6.94. The van der Waals surface area contributed by atoms with Crippen molar-refractivity contribution in [3.05, 3.63) is 112 Å². The van der Waals surface area contributed by atoms with Crippen LogP contribution in [0.4, 0.5) is 0 Å². The molecule has 0 fully saturated rings. The maximum absolute atomic E-state index is 3.75. The number of benzene rings is 4. The molecule has 0 N–H and O–H groups in total. The van der Waals surface area contributed by atoms with Gasteiger partial charge < -0.3 is 0 Å².